The number of para-hydroxylation sites is 2. The zero-order valence-electron chi connectivity index (χ0n) is 30.9. The van der Waals surface area contributed by atoms with Gasteiger partial charge in [0.1, 0.15) is 0 Å². The number of Topliss-reactive ketones (excluding diaryl/α,β-unsaturated/α-hetero) is 1. The molecule has 0 unspecified atom stereocenters. The maximum Gasteiger partial charge on any atom is 0.209 e. The molecule has 0 saturated heterocycles. The third kappa shape index (κ3) is 6.95. The predicted octanol–water partition coefficient (Wildman–Crippen LogP) is 3.85. The van der Waals surface area contributed by atoms with Gasteiger partial charge in [-0.25, -0.2) is 0 Å². The Bertz CT molecular complexity index is 1660. The SMILES string of the molecule is CN(C)CCN(C)CCN1/C(=C/C2=C([O-])C(=C\C3=[N+](CCN(C)CCN(C)C)c4ccccc4C3(C)C)/C2=O)C(C)(C)c2ccccc21. The summed E-state index contributed by atoms with van der Waals surface area (Å²) >= 11 is 0. The lowest BCUT2D eigenvalue weighted by Gasteiger charge is -2.33. The minimum absolute atomic E-state index is 0.162. The first kappa shape index (κ1) is 35.7. The molecule has 0 saturated carbocycles. The number of nitrogens with zero attached hydrogens (tertiary/aromatic N) is 6. The normalized spacial score (nSPS) is 20.0. The molecule has 2 heterocycles. The summed E-state index contributed by atoms with van der Waals surface area (Å²) in [5.41, 5.74) is 6.63. The van der Waals surface area contributed by atoms with E-state index in [9.17, 15) is 9.90 Å². The van der Waals surface area contributed by atoms with Gasteiger partial charge in [-0.15, -0.1) is 0 Å². The van der Waals surface area contributed by atoms with E-state index in [4.69, 9.17) is 0 Å². The summed E-state index contributed by atoms with van der Waals surface area (Å²) in [6.07, 6.45) is 3.77. The van der Waals surface area contributed by atoms with Crippen molar-refractivity contribution in [3.63, 3.8) is 0 Å². The number of carbonyl (C=O) groups excluding carboxylic acids is 1. The average molecular weight is 653 g/mol. The number of likely N-dealkylation sites (N-methyl/N-ethyl adjacent to an activating group) is 4. The van der Waals surface area contributed by atoms with Crippen LogP contribution in [0, 0.1) is 0 Å². The maximum atomic E-state index is 13.9. The van der Waals surface area contributed by atoms with Gasteiger partial charge in [0.15, 0.2) is 18.0 Å². The molecule has 0 spiro atoms. The molecule has 2 aliphatic heterocycles. The Morgan fingerprint density at radius 1 is 0.729 bits per heavy atom. The van der Waals surface area contributed by atoms with E-state index >= 15 is 0 Å². The number of ketones is 1. The Hall–Kier alpha value is -3.56. The van der Waals surface area contributed by atoms with Gasteiger partial charge >= 0.3 is 0 Å². The van der Waals surface area contributed by atoms with E-state index in [1.54, 1.807) is 0 Å². The van der Waals surface area contributed by atoms with Crippen LogP contribution in [0.3, 0.4) is 0 Å². The minimum Gasteiger partial charge on any atom is -0.871 e. The van der Waals surface area contributed by atoms with Crippen molar-refractivity contribution in [3.05, 3.63) is 94.4 Å². The van der Waals surface area contributed by atoms with Crippen LogP contribution in [0.2, 0.25) is 0 Å². The standard InChI is InChI=1S/C40H56N6O2/c1-39(2)31-15-11-13-17-33(31)45(25-23-43(9)21-19-41(5)6)35(39)27-29-37(47)30(38(29)48)28-36-40(3,4)32-16-12-14-18-34(32)46(36)26-24-44(10)22-20-42(7)8/h11-18,27-28H,19-26H2,1-10H3. The molecule has 8 nitrogen and oxygen atoms in total. The molecule has 2 aromatic rings. The number of anilines is 1. The highest BCUT2D eigenvalue weighted by molar-refractivity contribution is 6.24. The molecule has 258 valence electrons. The van der Waals surface area contributed by atoms with Gasteiger partial charge in [0, 0.05) is 84.9 Å². The second-order valence-electron chi connectivity index (χ2n) is 15.3. The van der Waals surface area contributed by atoms with Crippen LogP contribution in [-0.4, -0.2) is 130 Å². The van der Waals surface area contributed by atoms with Crippen molar-refractivity contribution >= 4 is 22.9 Å². The zero-order chi connectivity index (χ0) is 35.0. The number of benzene rings is 2. The van der Waals surface area contributed by atoms with Crippen molar-refractivity contribution in [2.75, 3.05) is 99.5 Å². The quantitative estimate of drug-likeness (QED) is 0.227. The van der Waals surface area contributed by atoms with Crippen LogP contribution in [0.5, 0.6) is 0 Å². The number of allylic oxidation sites excluding steroid dienone is 5. The van der Waals surface area contributed by atoms with E-state index < -0.39 is 0 Å². The van der Waals surface area contributed by atoms with Crippen molar-refractivity contribution in [1.29, 1.82) is 0 Å². The van der Waals surface area contributed by atoms with Crippen LogP contribution in [0.25, 0.3) is 0 Å². The Balaban J connectivity index is 1.48. The van der Waals surface area contributed by atoms with E-state index in [0.29, 0.717) is 0 Å². The second-order valence-corrected chi connectivity index (χ2v) is 15.3. The van der Waals surface area contributed by atoms with E-state index in [0.717, 1.165) is 75.1 Å². The molecule has 48 heavy (non-hydrogen) atoms. The summed E-state index contributed by atoms with van der Waals surface area (Å²) in [6, 6.07) is 16.9. The summed E-state index contributed by atoms with van der Waals surface area (Å²) in [5.74, 6) is -0.325. The maximum absolute atomic E-state index is 13.9. The van der Waals surface area contributed by atoms with Crippen LogP contribution < -0.4 is 10.0 Å². The Morgan fingerprint density at radius 2 is 1.31 bits per heavy atom. The third-order valence-corrected chi connectivity index (χ3v) is 10.4. The molecule has 0 radical (unpaired) electrons. The molecule has 0 amide bonds. The van der Waals surface area contributed by atoms with Gasteiger partial charge in [0.25, 0.3) is 0 Å². The zero-order valence-corrected chi connectivity index (χ0v) is 30.9. The topological polar surface area (TPSA) is 59.3 Å². The van der Waals surface area contributed by atoms with Crippen molar-refractivity contribution in [2.24, 2.45) is 0 Å². The Morgan fingerprint density at radius 3 is 1.94 bits per heavy atom. The fraction of sp³-hybridized carbons (Fsp3) is 0.500. The van der Waals surface area contributed by atoms with Crippen molar-refractivity contribution in [3.8, 4) is 0 Å². The van der Waals surface area contributed by atoms with Gasteiger partial charge in [-0.05, 0) is 73.8 Å². The number of hydrogen-bond donors (Lipinski definition) is 0. The van der Waals surface area contributed by atoms with Crippen LogP contribution in [0.15, 0.2) is 83.3 Å². The van der Waals surface area contributed by atoms with Crippen molar-refractivity contribution < 1.29 is 14.5 Å². The van der Waals surface area contributed by atoms with Gasteiger partial charge in [-0.1, -0.05) is 56.0 Å². The van der Waals surface area contributed by atoms with Gasteiger partial charge in [0.2, 0.25) is 5.69 Å². The molecule has 3 aliphatic rings. The second kappa shape index (κ2) is 14.1. The molecule has 0 fully saturated rings. The van der Waals surface area contributed by atoms with E-state index in [2.05, 4.69) is 148 Å². The van der Waals surface area contributed by atoms with Gasteiger partial charge in [0.05, 0.1) is 12.0 Å². The first-order valence-corrected chi connectivity index (χ1v) is 17.3. The summed E-state index contributed by atoms with van der Waals surface area (Å²) < 4.78 is 2.32. The molecular weight excluding hydrogens is 596 g/mol. The average Bonchev–Trinajstić information content (AvgIpc) is 3.39. The van der Waals surface area contributed by atoms with E-state index in [-0.39, 0.29) is 33.5 Å². The third-order valence-electron chi connectivity index (χ3n) is 10.4. The molecule has 2 aromatic carbocycles. The first-order chi connectivity index (χ1) is 22.6. The fourth-order valence-corrected chi connectivity index (χ4v) is 7.16. The minimum atomic E-state index is -0.342. The van der Waals surface area contributed by atoms with Crippen LogP contribution in [0.4, 0.5) is 11.4 Å². The summed E-state index contributed by atoms with van der Waals surface area (Å²) in [5, 5.41) is 13.9. The lowest BCUT2D eigenvalue weighted by Crippen LogP contribution is -2.38. The predicted molar refractivity (Wildman–Crippen MR) is 196 cm³/mol. The van der Waals surface area contributed by atoms with Gasteiger partial charge < -0.3 is 24.7 Å². The number of fused-ring (bicyclic) bond motifs is 2. The molecule has 0 aromatic heterocycles. The molecule has 0 bridgehead atoms. The number of rotatable bonds is 14. The van der Waals surface area contributed by atoms with Crippen LogP contribution in [0.1, 0.15) is 38.8 Å². The molecule has 8 heteroatoms. The Labute approximate surface area is 288 Å². The molecule has 5 rings (SSSR count). The molecular formula is C40H56N6O2. The highest BCUT2D eigenvalue weighted by Gasteiger charge is 2.46. The van der Waals surface area contributed by atoms with Gasteiger partial charge in [-0.2, -0.15) is 4.58 Å². The molecule has 1 aliphatic carbocycles. The van der Waals surface area contributed by atoms with Gasteiger partial charge in [-0.3, -0.25) is 9.69 Å². The number of carbonyl (C=O) groups is 1. The fourth-order valence-electron chi connectivity index (χ4n) is 7.16. The Kier molecular flexibility index (Phi) is 10.5. The highest BCUT2D eigenvalue weighted by atomic mass is 16.3. The summed E-state index contributed by atoms with van der Waals surface area (Å²) in [6.45, 7) is 16.0. The highest BCUT2D eigenvalue weighted by Crippen LogP contribution is 2.49. The first-order valence-electron chi connectivity index (χ1n) is 17.3. The monoisotopic (exact) mass is 652 g/mol. The molecule has 0 N–H and O–H groups in total. The lowest BCUT2D eigenvalue weighted by atomic mass is 9.77. The van der Waals surface area contributed by atoms with Crippen molar-refractivity contribution in [1.82, 2.24) is 19.6 Å². The van der Waals surface area contributed by atoms with Crippen LogP contribution >= 0.6 is 0 Å². The summed E-state index contributed by atoms with van der Waals surface area (Å²) in [7, 11) is 12.7. The molecule has 0 atom stereocenters. The smallest absolute Gasteiger partial charge is 0.209 e. The van der Waals surface area contributed by atoms with Crippen LogP contribution in [-0.2, 0) is 15.6 Å². The lowest BCUT2D eigenvalue weighted by molar-refractivity contribution is -0.438. The largest absolute Gasteiger partial charge is 0.871 e. The summed E-state index contributed by atoms with van der Waals surface area (Å²) in [4.78, 5) is 25.3. The van der Waals surface area contributed by atoms with Crippen molar-refractivity contribution in [2.45, 2.75) is 38.5 Å². The van der Waals surface area contributed by atoms with E-state index in [1.165, 1.54) is 11.1 Å². The van der Waals surface area contributed by atoms with E-state index in [1.807, 2.05) is 12.2 Å². The number of hydrogen-bond acceptors (Lipinski definition) is 7.